The summed E-state index contributed by atoms with van der Waals surface area (Å²) in [6.07, 6.45) is -1.78. The molecular weight excluding hydrogens is 413 g/mol. The molecule has 0 fully saturated rings. The maximum absolute atomic E-state index is 14.0. The lowest BCUT2D eigenvalue weighted by Crippen LogP contribution is -2.08. The molecule has 4 aromatic rings. The third kappa shape index (κ3) is 4.23. The maximum Gasteiger partial charge on any atom is 0.417 e. The normalized spacial score (nSPS) is 11.5. The number of nitrogen functional groups attached to an aromatic ring is 1. The second-order valence-electron chi connectivity index (χ2n) is 6.88. The van der Waals surface area contributed by atoms with Gasteiger partial charge in [-0.05, 0) is 53.6 Å². The zero-order valence-corrected chi connectivity index (χ0v) is 15.9. The van der Waals surface area contributed by atoms with Crippen LogP contribution in [0.25, 0.3) is 16.8 Å². The van der Waals surface area contributed by atoms with E-state index < -0.39 is 23.4 Å². The number of benzene rings is 3. The van der Waals surface area contributed by atoms with Gasteiger partial charge in [0.1, 0.15) is 17.3 Å². The first-order valence-corrected chi connectivity index (χ1v) is 9.19. The van der Waals surface area contributed by atoms with Crippen molar-refractivity contribution in [3.63, 3.8) is 0 Å². The van der Waals surface area contributed by atoms with Gasteiger partial charge in [-0.1, -0.05) is 24.3 Å². The quantitative estimate of drug-likeness (QED) is 0.278. The van der Waals surface area contributed by atoms with Gasteiger partial charge in [0.2, 0.25) is 0 Å². The van der Waals surface area contributed by atoms with Crippen LogP contribution in [0.5, 0.6) is 0 Å². The summed E-state index contributed by atoms with van der Waals surface area (Å²) in [5, 5.41) is 2.85. The molecule has 0 radical (unpaired) electrons. The Bertz CT molecular complexity index is 1210. The maximum atomic E-state index is 14.0. The number of halogens is 5. The van der Waals surface area contributed by atoms with Gasteiger partial charge >= 0.3 is 6.18 Å². The highest BCUT2D eigenvalue weighted by Gasteiger charge is 2.34. The Balaban J connectivity index is 1.67. The number of alkyl halides is 3. The zero-order chi connectivity index (χ0) is 22.2. The first-order chi connectivity index (χ1) is 14.7. The average Bonchev–Trinajstić information content (AvgIpc) is 3.16. The molecule has 1 heterocycles. The fourth-order valence-corrected chi connectivity index (χ4v) is 3.28. The van der Waals surface area contributed by atoms with E-state index in [1.54, 1.807) is 0 Å². The molecule has 0 amide bonds. The number of rotatable bonds is 4. The molecule has 3 aromatic carbocycles. The van der Waals surface area contributed by atoms with Crippen LogP contribution in [0.2, 0.25) is 0 Å². The van der Waals surface area contributed by atoms with Crippen LogP contribution in [0.15, 0.2) is 79.1 Å². The Morgan fingerprint density at radius 1 is 0.806 bits per heavy atom. The van der Waals surface area contributed by atoms with Gasteiger partial charge in [-0.2, -0.15) is 13.2 Å². The summed E-state index contributed by atoms with van der Waals surface area (Å²) in [6.45, 7) is 0. The molecule has 1 aromatic heterocycles. The minimum atomic E-state index is -4.59. The zero-order valence-electron chi connectivity index (χ0n) is 15.9. The predicted octanol–water partition coefficient (Wildman–Crippen LogP) is 6.77. The molecule has 3 nitrogen and oxygen atoms in total. The van der Waals surface area contributed by atoms with E-state index in [1.807, 2.05) is 0 Å². The van der Waals surface area contributed by atoms with Crippen LogP contribution in [-0.4, -0.2) is 4.57 Å². The molecule has 0 atom stereocenters. The molecule has 3 N–H and O–H groups in total. The van der Waals surface area contributed by atoms with Crippen molar-refractivity contribution in [2.75, 3.05) is 11.1 Å². The van der Waals surface area contributed by atoms with Crippen molar-refractivity contribution in [2.45, 2.75) is 6.18 Å². The van der Waals surface area contributed by atoms with Crippen LogP contribution in [-0.2, 0) is 6.18 Å². The monoisotopic (exact) mass is 429 g/mol. The van der Waals surface area contributed by atoms with E-state index >= 15 is 0 Å². The number of hydrogen-bond acceptors (Lipinski definition) is 2. The molecule has 0 saturated carbocycles. The molecule has 4 rings (SSSR count). The van der Waals surface area contributed by atoms with Crippen molar-refractivity contribution in [3.8, 4) is 16.8 Å². The molecule has 8 heteroatoms. The summed E-state index contributed by atoms with van der Waals surface area (Å²) in [5.74, 6) is -1.51. The number of nitrogens with zero attached hydrogens (tertiary/aromatic N) is 1. The van der Waals surface area contributed by atoms with E-state index in [4.69, 9.17) is 5.73 Å². The first-order valence-electron chi connectivity index (χ1n) is 9.19. The summed E-state index contributed by atoms with van der Waals surface area (Å²) < 4.78 is 70.3. The van der Waals surface area contributed by atoms with Crippen LogP contribution in [0.1, 0.15) is 5.56 Å². The van der Waals surface area contributed by atoms with Crippen LogP contribution in [0.3, 0.4) is 0 Å². The van der Waals surface area contributed by atoms with Crippen LogP contribution in [0.4, 0.5) is 39.0 Å². The number of nitrogens with two attached hydrogens (primary N) is 1. The number of aromatic nitrogens is 1. The van der Waals surface area contributed by atoms with E-state index in [9.17, 15) is 22.0 Å². The van der Waals surface area contributed by atoms with Gasteiger partial charge < -0.3 is 15.6 Å². The molecule has 0 unspecified atom stereocenters. The van der Waals surface area contributed by atoms with Gasteiger partial charge in [-0.25, -0.2) is 8.78 Å². The average molecular weight is 429 g/mol. The lowest BCUT2D eigenvalue weighted by Gasteiger charge is -2.15. The Labute approximate surface area is 174 Å². The van der Waals surface area contributed by atoms with Gasteiger partial charge in [0.05, 0.1) is 11.3 Å². The standard InChI is InChI=1S/C23H16F5N3/c24-20-2-1-3-21(25)22(20)31-11-10-17(13-31)30-16-8-9-18(19(12-16)23(26,27)28)14-4-6-15(29)7-5-14/h1-13,30H,29H2. The summed E-state index contributed by atoms with van der Waals surface area (Å²) in [6, 6.07) is 15.0. The van der Waals surface area contributed by atoms with Crippen LogP contribution in [0, 0.1) is 11.6 Å². The second kappa shape index (κ2) is 7.79. The fourth-order valence-electron chi connectivity index (χ4n) is 3.28. The van der Waals surface area contributed by atoms with Crippen LogP contribution < -0.4 is 11.1 Å². The van der Waals surface area contributed by atoms with Gasteiger partial charge in [-0.15, -0.1) is 0 Å². The lowest BCUT2D eigenvalue weighted by atomic mass is 9.98. The molecule has 0 saturated heterocycles. The minimum absolute atomic E-state index is 0.0176. The van der Waals surface area contributed by atoms with E-state index in [2.05, 4.69) is 5.32 Å². The predicted molar refractivity (Wildman–Crippen MR) is 110 cm³/mol. The summed E-state index contributed by atoms with van der Waals surface area (Å²) >= 11 is 0. The first kappa shape index (κ1) is 20.5. The third-order valence-corrected chi connectivity index (χ3v) is 4.72. The largest absolute Gasteiger partial charge is 0.417 e. The van der Waals surface area contributed by atoms with Gasteiger partial charge in [0.15, 0.2) is 0 Å². The van der Waals surface area contributed by atoms with Crippen LogP contribution >= 0.6 is 0 Å². The Kier molecular flexibility index (Phi) is 5.14. The van der Waals surface area contributed by atoms with Crippen molar-refractivity contribution >= 4 is 17.1 Å². The Hall–Kier alpha value is -3.81. The SMILES string of the molecule is Nc1ccc(-c2ccc(Nc3ccn(-c4c(F)cccc4F)c3)cc2C(F)(F)F)cc1. The number of anilines is 3. The minimum Gasteiger partial charge on any atom is -0.399 e. The van der Waals surface area contributed by atoms with Crippen molar-refractivity contribution in [1.29, 1.82) is 0 Å². The van der Waals surface area contributed by atoms with E-state index in [1.165, 1.54) is 65.5 Å². The molecular formula is C23H16F5N3. The second-order valence-corrected chi connectivity index (χ2v) is 6.88. The van der Waals surface area contributed by atoms with Crippen molar-refractivity contribution in [2.24, 2.45) is 0 Å². The number of nitrogens with one attached hydrogen (secondary N) is 1. The van der Waals surface area contributed by atoms with Gasteiger partial charge in [-0.3, -0.25) is 0 Å². The Morgan fingerprint density at radius 2 is 1.48 bits per heavy atom. The summed E-state index contributed by atoms with van der Waals surface area (Å²) in [5.41, 5.74) is 5.93. The van der Waals surface area contributed by atoms with Crippen molar-refractivity contribution in [3.05, 3.63) is 96.3 Å². The van der Waals surface area contributed by atoms with Crippen molar-refractivity contribution in [1.82, 2.24) is 4.57 Å². The van der Waals surface area contributed by atoms with Crippen molar-refractivity contribution < 1.29 is 22.0 Å². The molecule has 0 bridgehead atoms. The van der Waals surface area contributed by atoms with Gasteiger partial charge in [0.25, 0.3) is 0 Å². The van der Waals surface area contributed by atoms with E-state index in [-0.39, 0.29) is 16.9 Å². The fraction of sp³-hybridized carbons (Fsp3) is 0.0435. The topological polar surface area (TPSA) is 43.0 Å². The molecule has 0 aliphatic rings. The highest BCUT2D eigenvalue weighted by atomic mass is 19.4. The highest BCUT2D eigenvalue weighted by Crippen LogP contribution is 2.39. The number of hydrogen-bond donors (Lipinski definition) is 2. The molecule has 31 heavy (non-hydrogen) atoms. The lowest BCUT2D eigenvalue weighted by molar-refractivity contribution is -0.137. The molecule has 0 aliphatic carbocycles. The summed E-state index contributed by atoms with van der Waals surface area (Å²) in [7, 11) is 0. The van der Waals surface area contributed by atoms with Gasteiger partial charge in [0, 0.05) is 23.8 Å². The summed E-state index contributed by atoms with van der Waals surface area (Å²) in [4.78, 5) is 0. The number of para-hydroxylation sites is 1. The third-order valence-electron chi connectivity index (χ3n) is 4.72. The smallest absolute Gasteiger partial charge is 0.399 e. The highest BCUT2D eigenvalue weighted by molar-refractivity contribution is 5.73. The molecule has 0 spiro atoms. The Morgan fingerprint density at radius 3 is 2.13 bits per heavy atom. The van der Waals surface area contributed by atoms with E-state index in [0.717, 1.165) is 18.2 Å². The molecule has 158 valence electrons. The van der Waals surface area contributed by atoms with E-state index in [0.29, 0.717) is 16.9 Å². The molecule has 0 aliphatic heterocycles.